The quantitative estimate of drug-likeness (QED) is 0.698. The molecule has 7 nitrogen and oxygen atoms in total. The largest absolute Gasteiger partial charge is 0.421 e. The lowest BCUT2D eigenvalue weighted by atomic mass is 10.2. The number of amides is 1. The zero-order valence-electron chi connectivity index (χ0n) is 14.4. The Hall–Kier alpha value is -3.00. The number of nitrogens with one attached hydrogen (secondary N) is 1. The third-order valence-corrected chi connectivity index (χ3v) is 4.08. The summed E-state index contributed by atoms with van der Waals surface area (Å²) in [5, 5.41) is 10.4. The van der Waals surface area contributed by atoms with Crippen LogP contribution >= 0.6 is 11.6 Å². The van der Waals surface area contributed by atoms with E-state index in [1.54, 1.807) is 6.07 Å². The van der Waals surface area contributed by atoms with Crippen molar-refractivity contribution in [3.8, 4) is 11.5 Å². The number of pyridine rings is 1. The number of aromatic nitrogens is 3. The van der Waals surface area contributed by atoms with Crippen molar-refractivity contribution in [2.75, 3.05) is 0 Å². The van der Waals surface area contributed by atoms with Crippen molar-refractivity contribution < 1.29 is 13.6 Å². The molecule has 0 spiro atoms. The number of nitrogens with zero attached hydrogens (tertiary/aromatic N) is 3. The van der Waals surface area contributed by atoms with Crippen molar-refractivity contribution in [2.24, 2.45) is 0 Å². The van der Waals surface area contributed by atoms with E-state index in [0.29, 0.717) is 23.4 Å². The predicted molar refractivity (Wildman–Crippen MR) is 96.6 cm³/mol. The first kappa shape index (κ1) is 18.8. The molecular weight excluding hydrogens is 375 g/mol. The average molecular weight is 391 g/mol. The maximum Gasteiger partial charge on any atom is 0.251 e. The molecule has 140 valence electrons. The number of halogens is 2. The Morgan fingerprint density at radius 1 is 1.30 bits per heavy atom. The van der Waals surface area contributed by atoms with Gasteiger partial charge in [-0.25, -0.2) is 4.39 Å². The smallest absolute Gasteiger partial charge is 0.251 e. The monoisotopic (exact) mass is 390 g/mol. The summed E-state index contributed by atoms with van der Waals surface area (Å²) >= 11 is 5.71. The number of benzene rings is 1. The van der Waals surface area contributed by atoms with E-state index in [0.717, 1.165) is 0 Å². The summed E-state index contributed by atoms with van der Waals surface area (Å²) in [5.74, 6) is -0.141. The van der Waals surface area contributed by atoms with Gasteiger partial charge in [0, 0.05) is 25.2 Å². The van der Waals surface area contributed by atoms with Gasteiger partial charge in [-0.15, -0.1) is 10.2 Å². The molecule has 0 radical (unpaired) electrons. The van der Waals surface area contributed by atoms with Crippen molar-refractivity contribution in [2.45, 2.75) is 26.4 Å². The zero-order chi connectivity index (χ0) is 19.4. The van der Waals surface area contributed by atoms with Gasteiger partial charge in [0.2, 0.25) is 17.7 Å². The Kier molecular flexibility index (Phi) is 5.66. The SMILES string of the molecule is CCc1nnc(-c2ccc(=O)n(CC(=O)NCc3ccc(F)c(Cl)c3)c2)o1. The third-order valence-electron chi connectivity index (χ3n) is 3.79. The molecule has 0 atom stereocenters. The van der Waals surface area contributed by atoms with Crippen LogP contribution < -0.4 is 10.9 Å². The summed E-state index contributed by atoms with van der Waals surface area (Å²) in [6, 6.07) is 7.08. The van der Waals surface area contributed by atoms with Gasteiger partial charge in [-0.2, -0.15) is 0 Å². The highest BCUT2D eigenvalue weighted by molar-refractivity contribution is 6.30. The van der Waals surface area contributed by atoms with Crippen molar-refractivity contribution >= 4 is 17.5 Å². The van der Waals surface area contributed by atoms with Crippen molar-refractivity contribution in [3.63, 3.8) is 0 Å². The molecule has 2 aromatic heterocycles. The van der Waals surface area contributed by atoms with Crippen LogP contribution in [0.2, 0.25) is 5.02 Å². The van der Waals surface area contributed by atoms with E-state index in [1.807, 2.05) is 6.92 Å². The molecule has 1 amide bonds. The van der Waals surface area contributed by atoms with Gasteiger partial charge in [0.1, 0.15) is 12.4 Å². The Balaban J connectivity index is 1.68. The lowest BCUT2D eigenvalue weighted by Crippen LogP contribution is -2.31. The van der Waals surface area contributed by atoms with Crippen LogP contribution in [0, 0.1) is 5.82 Å². The van der Waals surface area contributed by atoms with Crippen LogP contribution in [0.25, 0.3) is 11.5 Å². The summed E-state index contributed by atoms with van der Waals surface area (Å²) in [4.78, 5) is 24.2. The highest BCUT2D eigenvalue weighted by Crippen LogP contribution is 2.17. The molecule has 0 unspecified atom stereocenters. The molecule has 3 rings (SSSR count). The molecule has 0 bridgehead atoms. The Morgan fingerprint density at radius 2 is 2.11 bits per heavy atom. The van der Waals surface area contributed by atoms with Gasteiger partial charge in [-0.1, -0.05) is 24.6 Å². The van der Waals surface area contributed by atoms with E-state index >= 15 is 0 Å². The summed E-state index contributed by atoms with van der Waals surface area (Å²) in [7, 11) is 0. The van der Waals surface area contributed by atoms with Gasteiger partial charge in [0.15, 0.2) is 0 Å². The van der Waals surface area contributed by atoms with Crippen molar-refractivity contribution in [3.05, 3.63) is 69.2 Å². The second-order valence-corrected chi connectivity index (χ2v) is 6.17. The highest BCUT2D eigenvalue weighted by Gasteiger charge is 2.11. The highest BCUT2D eigenvalue weighted by atomic mass is 35.5. The Bertz CT molecular complexity index is 1030. The van der Waals surface area contributed by atoms with Crippen LogP contribution in [0.15, 0.2) is 45.7 Å². The number of rotatable bonds is 6. The van der Waals surface area contributed by atoms with Crippen LogP contribution in [-0.4, -0.2) is 20.7 Å². The second-order valence-electron chi connectivity index (χ2n) is 5.76. The Morgan fingerprint density at radius 3 is 2.81 bits per heavy atom. The fraction of sp³-hybridized carbons (Fsp3) is 0.222. The summed E-state index contributed by atoms with van der Waals surface area (Å²) in [6.07, 6.45) is 2.09. The van der Waals surface area contributed by atoms with E-state index in [1.165, 1.54) is 35.0 Å². The first-order valence-corrected chi connectivity index (χ1v) is 8.58. The first-order valence-electron chi connectivity index (χ1n) is 8.20. The molecule has 9 heteroatoms. The summed E-state index contributed by atoms with van der Waals surface area (Å²) in [6.45, 7) is 1.87. The molecule has 3 aromatic rings. The minimum atomic E-state index is -0.526. The number of hydrogen-bond acceptors (Lipinski definition) is 5. The zero-order valence-corrected chi connectivity index (χ0v) is 15.2. The van der Waals surface area contributed by atoms with E-state index < -0.39 is 5.82 Å². The summed E-state index contributed by atoms with van der Waals surface area (Å²) < 4.78 is 19.9. The van der Waals surface area contributed by atoms with E-state index in [-0.39, 0.29) is 35.5 Å². The fourth-order valence-corrected chi connectivity index (χ4v) is 2.56. The lowest BCUT2D eigenvalue weighted by molar-refractivity contribution is -0.121. The molecule has 0 aliphatic rings. The van der Waals surface area contributed by atoms with Gasteiger partial charge in [0.25, 0.3) is 5.56 Å². The van der Waals surface area contributed by atoms with Crippen LogP contribution in [0.4, 0.5) is 4.39 Å². The molecule has 1 N–H and O–H groups in total. The maximum absolute atomic E-state index is 13.2. The minimum Gasteiger partial charge on any atom is -0.421 e. The fourth-order valence-electron chi connectivity index (χ4n) is 2.36. The molecular formula is C18H16ClFN4O3. The van der Waals surface area contributed by atoms with Crippen LogP contribution in [0.1, 0.15) is 18.4 Å². The maximum atomic E-state index is 13.2. The molecule has 27 heavy (non-hydrogen) atoms. The number of carbonyl (C=O) groups excluding carboxylic acids is 1. The van der Waals surface area contributed by atoms with Crippen LogP contribution in [0.5, 0.6) is 0 Å². The number of aryl methyl sites for hydroxylation is 1. The molecule has 0 saturated carbocycles. The average Bonchev–Trinajstić information content (AvgIpc) is 3.14. The second kappa shape index (κ2) is 8.13. The van der Waals surface area contributed by atoms with Gasteiger partial charge in [-0.05, 0) is 23.8 Å². The first-order chi connectivity index (χ1) is 13.0. The van der Waals surface area contributed by atoms with Crippen molar-refractivity contribution in [1.82, 2.24) is 20.1 Å². The van der Waals surface area contributed by atoms with Crippen LogP contribution in [-0.2, 0) is 24.3 Å². The van der Waals surface area contributed by atoms with E-state index in [4.69, 9.17) is 16.0 Å². The molecule has 0 aliphatic heterocycles. The van der Waals surface area contributed by atoms with Gasteiger partial charge in [0.05, 0.1) is 10.6 Å². The van der Waals surface area contributed by atoms with E-state index in [9.17, 15) is 14.0 Å². The van der Waals surface area contributed by atoms with Gasteiger partial charge < -0.3 is 14.3 Å². The van der Waals surface area contributed by atoms with Gasteiger partial charge >= 0.3 is 0 Å². The standard InChI is InChI=1S/C18H16ClFN4O3/c1-2-16-22-23-18(27-16)12-4-6-17(26)24(9-12)10-15(25)21-8-11-3-5-14(20)13(19)7-11/h3-7,9H,2,8,10H2,1H3,(H,21,25). The van der Waals surface area contributed by atoms with Crippen molar-refractivity contribution in [1.29, 1.82) is 0 Å². The topological polar surface area (TPSA) is 90.0 Å². The van der Waals surface area contributed by atoms with E-state index in [2.05, 4.69) is 15.5 Å². The molecule has 2 heterocycles. The molecule has 0 aliphatic carbocycles. The number of hydrogen-bond donors (Lipinski definition) is 1. The Labute approximate surface area is 158 Å². The normalized spacial score (nSPS) is 10.8. The van der Waals surface area contributed by atoms with Crippen LogP contribution in [0.3, 0.4) is 0 Å². The number of carbonyl (C=O) groups is 1. The molecule has 1 aromatic carbocycles. The van der Waals surface area contributed by atoms with Gasteiger partial charge in [-0.3, -0.25) is 9.59 Å². The minimum absolute atomic E-state index is 0.0170. The lowest BCUT2D eigenvalue weighted by Gasteiger charge is -2.09. The molecule has 0 fully saturated rings. The predicted octanol–water partition coefficient (Wildman–Crippen LogP) is 2.57. The third kappa shape index (κ3) is 4.59. The summed E-state index contributed by atoms with van der Waals surface area (Å²) in [5.41, 5.74) is 0.850. The molecule has 0 saturated heterocycles.